The van der Waals surface area contributed by atoms with Crippen LogP contribution in [0.3, 0.4) is 0 Å². The van der Waals surface area contributed by atoms with E-state index in [2.05, 4.69) is 42.4 Å². The van der Waals surface area contributed by atoms with Gasteiger partial charge in [-0.3, -0.25) is 0 Å². The molecular weight excluding hydrogens is 236 g/mol. The molecule has 2 aliphatic rings. The van der Waals surface area contributed by atoms with Crippen molar-refractivity contribution in [2.24, 2.45) is 0 Å². The van der Waals surface area contributed by atoms with Gasteiger partial charge in [-0.2, -0.15) is 0 Å². The fourth-order valence-electron chi connectivity index (χ4n) is 2.77. The van der Waals surface area contributed by atoms with Crippen LogP contribution in [0, 0.1) is 6.92 Å². The average molecular weight is 260 g/mol. The first-order chi connectivity index (χ1) is 9.24. The standard InChI is InChI=1S/C16H24N2O/c1-12-3-6-16(18(2)15-7-8-19-11-15)13(9-12)10-17-14-4-5-14/h3,6,9,14-15,17H,4-5,7-8,10-11H2,1-2H3. The topological polar surface area (TPSA) is 24.5 Å². The van der Waals surface area contributed by atoms with Crippen molar-refractivity contribution in [1.29, 1.82) is 0 Å². The third kappa shape index (κ3) is 3.10. The number of ether oxygens (including phenoxy) is 1. The molecule has 1 aliphatic heterocycles. The highest BCUT2D eigenvalue weighted by Gasteiger charge is 2.24. The Labute approximate surface area is 115 Å². The minimum Gasteiger partial charge on any atom is -0.379 e. The van der Waals surface area contributed by atoms with Gasteiger partial charge in [0.15, 0.2) is 0 Å². The molecule has 1 N–H and O–H groups in total. The van der Waals surface area contributed by atoms with Gasteiger partial charge < -0.3 is 15.0 Å². The molecule has 0 aromatic heterocycles. The van der Waals surface area contributed by atoms with E-state index >= 15 is 0 Å². The SMILES string of the molecule is Cc1ccc(N(C)C2CCOC2)c(CNC2CC2)c1. The van der Waals surface area contributed by atoms with E-state index in [1.165, 1.54) is 29.7 Å². The van der Waals surface area contributed by atoms with E-state index < -0.39 is 0 Å². The Hall–Kier alpha value is -1.06. The summed E-state index contributed by atoms with van der Waals surface area (Å²) in [7, 11) is 2.20. The summed E-state index contributed by atoms with van der Waals surface area (Å²) >= 11 is 0. The summed E-state index contributed by atoms with van der Waals surface area (Å²) in [6.07, 6.45) is 3.82. The van der Waals surface area contributed by atoms with Gasteiger partial charge >= 0.3 is 0 Å². The highest BCUT2D eigenvalue weighted by Crippen LogP contribution is 2.27. The lowest BCUT2D eigenvalue weighted by Gasteiger charge is -2.28. The molecule has 1 aromatic rings. The van der Waals surface area contributed by atoms with Gasteiger partial charge in [0.1, 0.15) is 0 Å². The Balaban J connectivity index is 1.76. The van der Waals surface area contributed by atoms with Gasteiger partial charge in [0.2, 0.25) is 0 Å². The first kappa shape index (κ1) is 12.9. The summed E-state index contributed by atoms with van der Waals surface area (Å²) in [6, 6.07) is 8.08. The fraction of sp³-hybridized carbons (Fsp3) is 0.625. The summed E-state index contributed by atoms with van der Waals surface area (Å²) in [5.74, 6) is 0. The predicted octanol–water partition coefficient (Wildman–Crippen LogP) is 2.47. The quantitative estimate of drug-likeness (QED) is 0.880. The van der Waals surface area contributed by atoms with Crippen molar-refractivity contribution in [2.45, 2.75) is 44.8 Å². The summed E-state index contributed by atoms with van der Waals surface area (Å²) < 4.78 is 5.51. The molecule has 1 saturated carbocycles. The van der Waals surface area contributed by atoms with Gasteiger partial charge in [0.25, 0.3) is 0 Å². The largest absolute Gasteiger partial charge is 0.379 e. The summed E-state index contributed by atoms with van der Waals surface area (Å²) in [6.45, 7) is 4.92. The Morgan fingerprint density at radius 3 is 2.84 bits per heavy atom. The fourth-order valence-corrected chi connectivity index (χ4v) is 2.77. The molecule has 0 amide bonds. The van der Waals surface area contributed by atoms with E-state index in [9.17, 15) is 0 Å². The van der Waals surface area contributed by atoms with Crippen molar-refractivity contribution in [3.8, 4) is 0 Å². The van der Waals surface area contributed by atoms with Crippen molar-refractivity contribution in [1.82, 2.24) is 5.32 Å². The number of nitrogens with zero attached hydrogens (tertiary/aromatic N) is 1. The molecule has 0 bridgehead atoms. The van der Waals surface area contributed by atoms with E-state index in [1.54, 1.807) is 0 Å². The zero-order chi connectivity index (χ0) is 13.2. The van der Waals surface area contributed by atoms with Crippen LogP contribution in [0.2, 0.25) is 0 Å². The normalized spacial score (nSPS) is 22.7. The van der Waals surface area contributed by atoms with Crippen LogP contribution in [-0.2, 0) is 11.3 Å². The molecular formula is C16H24N2O. The second-order valence-electron chi connectivity index (χ2n) is 5.92. The minimum absolute atomic E-state index is 0.530. The second-order valence-corrected chi connectivity index (χ2v) is 5.92. The second kappa shape index (κ2) is 5.51. The monoisotopic (exact) mass is 260 g/mol. The first-order valence-electron chi connectivity index (χ1n) is 7.37. The van der Waals surface area contributed by atoms with E-state index in [0.717, 1.165) is 32.2 Å². The van der Waals surface area contributed by atoms with Crippen LogP contribution in [-0.4, -0.2) is 32.3 Å². The highest BCUT2D eigenvalue weighted by atomic mass is 16.5. The van der Waals surface area contributed by atoms with Crippen LogP contribution in [0.1, 0.15) is 30.4 Å². The Bertz CT molecular complexity index is 436. The van der Waals surface area contributed by atoms with Gasteiger partial charge in [-0.15, -0.1) is 0 Å². The number of benzene rings is 1. The molecule has 0 radical (unpaired) electrons. The third-order valence-corrected chi connectivity index (χ3v) is 4.23. The highest BCUT2D eigenvalue weighted by molar-refractivity contribution is 5.55. The van der Waals surface area contributed by atoms with Gasteiger partial charge in [0.05, 0.1) is 12.6 Å². The van der Waals surface area contributed by atoms with Crippen molar-refractivity contribution in [3.05, 3.63) is 29.3 Å². The van der Waals surface area contributed by atoms with Crippen molar-refractivity contribution in [3.63, 3.8) is 0 Å². The molecule has 1 aromatic carbocycles. The van der Waals surface area contributed by atoms with Gasteiger partial charge in [0, 0.05) is 31.9 Å². The molecule has 0 spiro atoms. The smallest absolute Gasteiger partial charge is 0.0670 e. The molecule has 19 heavy (non-hydrogen) atoms. The number of likely N-dealkylation sites (N-methyl/N-ethyl adjacent to an activating group) is 1. The molecule has 3 nitrogen and oxygen atoms in total. The first-order valence-corrected chi connectivity index (χ1v) is 7.37. The molecule has 1 unspecified atom stereocenters. The maximum Gasteiger partial charge on any atom is 0.0670 e. The predicted molar refractivity (Wildman–Crippen MR) is 78.7 cm³/mol. The lowest BCUT2D eigenvalue weighted by molar-refractivity contribution is 0.193. The molecule has 104 valence electrons. The maximum atomic E-state index is 5.51. The third-order valence-electron chi connectivity index (χ3n) is 4.23. The summed E-state index contributed by atoms with van der Waals surface area (Å²) in [5, 5.41) is 3.63. The van der Waals surface area contributed by atoms with E-state index in [4.69, 9.17) is 4.74 Å². The number of hydrogen-bond donors (Lipinski definition) is 1. The van der Waals surface area contributed by atoms with Crippen LogP contribution in [0.4, 0.5) is 5.69 Å². The van der Waals surface area contributed by atoms with Crippen LogP contribution >= 0.6 is 0 Å². The minimum atomic E-state index is 0.530. The van der Waals surface area contributed by atoms with Crippen molar-refractivity contribution >= 4 is 5.69 Å². The number of aryl methyl sites for hydroxylation is 1. The van der Waals surface area contributed by atoms with Crippen LogP contribution < -0.4 is 10.2 Å². The summed E-state index contributed by atoms with van der Waals surface area (Å²) in [4.78, 5) is 2.40. The van der Waals surface area contributed by atoms with Crippen LogP contribution in [0.5, 0.6) is 0 Å². The van der Waals surface area contributed by atoms with Crippen LogP contribution in [0.15, 0.2) is 18.2 Å². The van der Waals surface area contributed by atoms with Gasteiger partial charge in [-0.1, -0.05) is 17.7 Å². The molecule has 3 rings (SSSR count). The molecule has 1 saturated heterocycles. The Kier molecular flexibility index (Phi) is 3.76. The number of rotatable bonds is 5. The number of nitrogens with one attached hydrogen (secondary N) is 1. The van der Waals surface area contributed by atoms with Crippen molar-refractivity contribution in [2.75, 3.05) is 25.2 Å². The van der Waals surface area contributed by atoms with Gasteiger partial charge in [-0.25, -0.2) is 0 Å². The molecule has 2 fully saturated rings. The van der Waals surface area contributed by atoms with E-state index in [0.29, 0.717) is 6.04 Å². The lowest BCUT2D eigenvalue weighted by atomic mass is 10.1. The Morgan fingerprint density at radius 2 is 2.16 bits per heavy atom. The van der Waals surface area contributed by atoms with Gasteiger partial charge in [-0.05, 0) is 37.8 Å². The number of anilines is 1. The zero-order valence-corrected chi connectivity index (χ0v) is 12.0. The number of hydrogen-bond acceptors (Lipinski definition) is 3. The molecule has 3 heteroatoms. The zero-order valence-electron chi connectivity index (χ0n) is 12.0. The molecule has 1 atom stereocenters. The summed E-state index contributed by atoms with van der Waals surface area (Å²) in [5.41, 5.74) is 4.11. The maximum absolute atomic E-state index is 5.51. The van der Waals surface area contributed by atoms with E-state index in [1.807, 2.05) is 0 Å². The molecule has 1 heterocycles. The molecule has 1 aliphatic carbocycles. The lowest BCUT2D eigenvalue weighted by Crippen LogP contribution is -2.33. The van der Waals surface area contributed by atoms with Crippen molar-refractivity contribution < 1.29 is 4.74 Å². The Morgan fingerprint density at radius 1 is 1.32 bits per heavy atom. The van der Waals surface area contributed by atoms with E-state index in [-0.39, 0.29) is 0 Å². The average Bonchev–Trinajstić information content (AvgIpc) is 3.07. The van der Waals surface area contributed by atoms with Crippen LogP contribution in [0.25, 0.3) is 0 Å².